The normalized spacial score (nSPS) is 28.5. The Labute approximate surface area is 150 Å². The van der Waals surface area contributed by atoms with E-state index < -0.39 is 0 Å². The molecule has 0 radical (unpaired) electrons. The molecule has 3 heterocycles. The van der Waals surface area contributed by atoms with Crippen LogP contribution >= 0.6 is 0 Å². The number of rotatable bonds is 3. The van der Waals surface area contributed by atoms with E-state index in [9.17, 15) is 4.79 Å². The largest absolute Gasteiger partial charge is 0.353 e. The molecule has 1 unspecified atom stereocenters. The van der Waals surface area contributed by atoms with Crippen molar-refractivity contribution in [3.8, 4) is 0 Å². The monoisotopic (exact) mass is 343 g/mol. The summed E-state index contributed by atoms with van der Waals surface area (Å²) >= 11 is 0. The minimum atomic E-state index is 0.0745. The zero-order valence-corrected chi connectivity index (χ0v) is 15.4. The molecule has 6 heteroatoms. The van der Waals surface area contributed by atoms with Gasteiger partial charge >= 0.3 is 0 Å². The fourth-order valence-electron chi connectivity index (χ4n) is 4.31. The molecule has 0 N–H and O–H groups in total. The third-order valence-corrected chi connectivity index (χ3v) is 6.29. The van der Waals surface area contributed by atoms with Crippen LogP contribution in [0.5, 0.6) is 0 Å². The Morgan fingerprint density at radius 3 is 2.80 bits per heavy atom. The van der Waals surface area contributed by atoms with Gasteiger partial charge in [-0.15, -0.1) is 0 Å². The lowest BCUT2D eigenvalue weighted by molar-refractivity contribution is -0.130. The molecular formula is C19H29N5O. The molecule has 6 nitrogen and oxygen atoms in total. The predicted molar refractivity (Wildman–Crippen MR) is 97.5 cm³/mol. The zero-order chi connectivity index (χ0) is 17.4. The highest BCUT2D eigenvalue weighted by Gasteiger charge is 2.43. The molecule has 1 amide bonds. The summed E-state index contributed by atoms with van der Waals surface area (Å²) in [6, 6.07) is 2.07. The van der Waals surface area contributed by atoms with Crippen molar-refractivity contribution in [1.82, 2.24) is 19.8 Å². The molecule has 3 fully saturated rings. The first-order valence-corrected chi connectivity index (χ1v) is 9.58. The SMILES string of the molecule is Cc1cc(N2CCN(C)C3(CCC(=O)N(CC4CC4)CC3)C2)ncn1. The number of anilines is 1. The topological polar surface area (TPSA) is 52.6 Å². The average Bonchev–Trinajstić information content (AvgIpc) is 3.43. The Morgan fingerprint density at radius 1 is 1.20 bits per heavy atom. The van der Waals surface area contributed by atoms with Crippen LogP contribution in [-0.2, 0) is 4.79 Å². The van der Waals surface area contributed by atoms with Gasteiger partial charge in [0, 0.05) is 56.4 Å². The predicted octanol–water partition coefficient (Wildman–Crippen LogP) is 1.70. The van der Waals surface area contributed by atoms with E-state index in [1.165, 1.54) is 12.8 Å². The van der Waals surface area contributed by atoms with E-state index in [1.54, 1.807) is 6.33 Å². The smallest absolute Gasteiger partial charge is 0.222 e. The van der Waals surface area contributed by atoms with E-state index in [4.69, 9.17) is 0 Å². The summed E-state index contributed by atoms with van der Waals surface area (Å²) < 4.78 is 0. The van der Waals surface area contributed by atoms with Gasteiger partial charge in [-0.05, 0) is 45.6 Å². The number of carbonyl (C=O) groups is 1. The molecule has 2 aliphatic heterocycles. The highest BCUT2D eigenvalue weighted by Crippen LogP contribution is 2.35. The lowest BCUT2D eigenvalue weighted by Crippen LogP contribution is -2.61. The van der Waals surface area contributed by atoms with Crippen molar-refractivity contribution in [3.63, 3.8) is 0 Å². The van der Waals surface area contributed by atoms with Gasteiger partial charge in [-0.25, -0.2) is 9.97 Å². The number of hydrogen-bond acceptors (Lipinski definition) is 5. The van der Waals surface area contributed by atoms with Crippen molar-refractivity contribution in [3.05, 3.63) is 18.1 Å². The zero-order valence-electron chi connectivity index (χ0n) is 15.4. The number of likely N-dealkylation sites (tertiary alicyclic amines) is 1. The van der Waals surface area contributed by atoms with E-state index in [1.807, 2.05) is 6.92 Å². The molecule has 3 aliphatic rings. The number of nitrogens with zero attached hydrogens (tertiary/aromatic N) is 5. The maximum absolute atomic E-state index is 12.6. The molecule has 0 bridgehead atoms. The van der Waals surface area contributed by atoms with Crippen molar-refractivity contribution in [1.29, 1.82) is 0 Å². The van der Waals surface area contributed by atoms with Crippen LogP contribution in [0.1, 0.15) is 37.8 Å². The Hall–Kier alpha value is -1.69. The Balaban J connectivity index is 1.51. The number of carbonyl (C=O) groups excluding carboxylic acids is 1. The molecule has 1 aliphatic carbocycles. The second-order valence-corrected chi connectivity index (χ2v) is 8.12. The Morgan fingerprint density at radius 2 is 2.04 bits per heavy atom. The highest BCUT2D eigenvalue weighted by molar-refractivity contribution is 5.76. The van der Waals surface area contributed by atoms with E-state index in [0.717, 1.165) is 63.0 Å². The minimum absolute atomic E-state index is 0.0745. The average molecular weight is 343 g/mol. The lowest BCUT2D eigenvalue weighted by atomic mass is 9.86. The van der Waals surface area contributed by atoms with Crippen LogP contribution in [-0.4, -0.2) is 71.0 Å². The molecule has 1 aromatic heterocycles. The summed E-state index contributed by atoms with van der Waals surface area (Å²) in [5, 5.41) is 0. The quantitative estimate of drug-likeness (QED) is 0.836. The van der Waals surface area contributed by atoms with Crippen molar-refractivity contribution < 1.29 is 4.79 Å². The van der Waals surface area contributed by atoms with Crippen LogP contribution in [0.4, 0.5) is 5.82 Å². The standard InChI is InChI=1S/C19H29N5O/c1-15-11-17(21-14-20-15)24-10-9-22(2)19(13-24)6-5-18(25)23(8-7-19)12-16-3-4-16/h11,14,16H,3-10,12-13H2,1-2H3. The van der Waals surface area contributed by atoms with Crippen LogP contribution in [0.3, 0.4) is 0 Å². The second kappa shape index (κ2) is 6.56. The third kappa shape index (κ3) is 3.50. The molecule has 1 saturated carbocycles. The van der Waals surface area contributed by atoms with Gasteiger partial charge in [0.15, 0.2) is 0 Å². The molecule has 136 valence electrons. The highest BCUT2D eigenvalue weighted by atomic mass is 16.2. The van der Waals surface area contributed by atoms with Crippen molar-refractivity contribution in [2.45, 2.75) is 44.6 Å². The maximum atomic E-state index is 12.6. The first-order valence-electron chi connectivity index (χ1n) is 9.58. The van der Waals surface area contributed by atoms with Gasteiger partial charge in [0.05, 0.1) is 0 Å². The Kier molecular flexibility index (Phi) is 4.40. The van der Waals surface area contributed by atoms with Crippen LogP contribution < -0.4 is 4.90 Å². The number of piperazine rings is 1. The van der Waals surface area contributed by atoms with Gasteiger partial charge in [-0.1, -0.05) is 0 Å². The molecular weight excluding hydrogens is 314 g/mol. The minimum Gasteiger partial charge on any atom is -0.353 e. The van der Waals surface area contributed by atoms with E-state index in [0.29, 0.717) is 12.3 Å². The first-order chi connectivity index (χ1) is 12.1. The summed E-state index contributed by atoms with van der Waals surface area (Å²) in [5.41, 5.74) is 1.08. The third-order valence-electron chi connectivity index (χ3n) is 6.29. The van der Waals surface area contributed by atoms with Gasteiger partial charge in [0.25, 0.3) is 0 Å². The van der Waals surface area contributed by atoms with Gasteiger partial charge in [-0.2, -0.15) is 0 Å². The number of aryl methyl sites for hydroxylation is 1. The number of likely N-dealkylation sites (N-methyl/N-ethyl adjacent to an activating group) is 1. The summed E-state index contributed by atoms with van der Waals surface area (Å²) in [4.78, 5) is 28.3. The lowest BCUT2D eigenvalue weighted by Gasteiger charge is -2.49. The molecule has 4 rings (SSSR count). The summed E-state index contributed by atoms with van der Waals surface area (Å²) in [6.45, 7) is 6.83. The van der Waals surface area contributed by atoms with Crippen molar-refractivity contribution >= 4 is 11.7 Å². The number of amides is 1. The van der Waals surface area contributed by atoms with E-state index >= 15 is 0 Å². The number of hydrogen-bond donors (Lipinski definition) is 0. The van der Waals surface area contributed by atoms with Crippen LogP contribution in [0.25, 0.3) is 0 Å². The summed E-state index contributed by atoms with van der Waals surface area (Å²) in [7, 11) is 2.23. The van der Waals surface area contributed by atoms with E-state index in [2.05, 4.69) is 37.8 Å². The van der Waals surface area contributed by atoms with Crippen LogP contribution in [0.15, 0.2) is 12.4 Å². The fourth-order valence-corrected chi connectivity index (χ4v) is 4.31. The summed E-state index contributed by atoms with van der Waals surface area (Å²) in [6.07, 6.45) is 6.94. The van der Waals surface area contributed by atoms with Crippen molar-refractivity contribution in [2.75, 3.05) is 44.7 Å². The van der Waals surface area contributed by atoms with Crippen LogP contribution in [0, 0.1) is 12.8 Å². The van der Waals surface area contributed by atoms with E-state index in [-0.39, 0.29) is 5.54 Å². The molecule has 2 saturated heterocycles. The fraction of sp³-hybridized carbons (Fsp3) is 0.737. The van der Waals surface area contributed by atoms with Gasteiger partial charge in [-0.3, -0.25) is 9.69 Å². The molecule has 0 aromatic carbocycles. The van der Waals surface area contributed by atoms with Gasteiger partial charge in [0.1, 0.15) is 12.1 Å². The molecule has 1 atom stereocenters. The first kappa shape index (κ1) is 16.8. The Bertz CT molecular complexity index is 646. The maximum Gasteiger partial charge on any atom is 0.222 e. The van der Waals surface area contributed by atoms with Gasteiger partial charge in [0.2, 0.25) is 5.91 Å². The molecule has 25 heavy (non-hydrogen) atoms. The van der Waals surface area contributed by atoms with Crippen LogP contribution in [0.2, 0.25) is 0 Å². The number of aromatic nitrogens is 2. The van der Waals surface area contributed by atoms with Crippen molar-refractivity contribution in [2.24, 2.45) is 5.92 Å². The summed E-state index contributed by atoms with van der Waals surface area (Å²) in [5.74, 6) is 2.14. The van der Waals surface area contributed by atoms with Gasteiger partial charge < -0.3 is 9.80 Å². The second-order valence-electron chi connectivity index (χ2n) is 8.12. The molecule has 1 aromatic rings. The molecule has 1 spiro atoms.